The Bertz CT molecular complexity index is 339. The lowest BCUT2D eigenvalue weighted by molar-refractivity contribution is -0.155. The van der Waals surface area contributed by atoms with Crippen LogP contribution in [0, 0.1) is 5.92 Å². The van der Waals surface area contributed by atoms with E-state index >= 15 is 0 Å². The van der Waals surface area contributed by atoms with Crippen molar-refractivity contribution in [1.82, 2.24) is 4.90 Å². The first-order chi connectivity index (χ1) is 8.83. The minimum absolute atomic E-state index is 0.00782. The Morgan fingerprint density at radius 2 is 2.11 bits per heavy atom. The zero-order valence-corrected chi connectivity index (χ0v) is 12.3. The first-order valence-corrected chi connectivity index (χ1v) is 7.10. The molecule has 2 heterocycles. The maximum Gasteiger partial charge on any atom is 0.313 e. The standard InChI is InChI=1S/C14H25NO4/c1-5-18-13(17)11-9(16)8-15-7-6-10(12(11)15)19-14(2,3)4/h9-12,16H,5-8H2,1-4H3/t9-,10-,11-,12-/m0/s1. The van der Waals surface area contributed by atoms with Crippen LogP contribution in [0.2, 0.25) is 0 Å². The van der Waals surface area contributed by atoms with E-state index in [0.29, 0.717) is 13.2 Å². The maximum absolute atomic E-state index is 12.0. The number of aliphatic hydroxyl groups excluding tert-OH is 1. The summed E-state index contributed by atoms with van der Waals surface area (Å²) in [5.41, 5.74) is -0.243. The molecule has 0 saturated carbocycles. The van der Waals surface area contributed by atoms with Crippen LogP contribution in [0.4, 0.5) is 0 Å². The number of aliphatic hydroxyl groups is 1. The van der Waals surface area contributed by atoms with E-state index in [4.69, 9.17) is 9.47 Å². The third-order valence-corrected chi connectivity index (χ3v) is 3.77. The zero-order valence-electron chi connectivity index (χ0n) is 12.3. The van der Waals surface area contributed by atoms with Gasteiger partial charge in [0.25, 0.3) is 0 Å². The molecule has 0 amide bonds. The predicted octanol–water partition coefficient (Wildman–Crippen LogP) is 0.798. The molecule has 0 radical (unpaired) electrons. The highest BCUT2D eigenvalue weighted by molar-refractivity contribution is 5.74. The number of hydrogen-bond acceptors (Lipinski definition) is 5. The van der Waals surface area contributed by atoms with Gasteiger partial charge < -0.3 is 14.6 Å². The average molecular weight is 271 g/mol. The van der Waals surface area contributed by atoms with E-state index in [-0.39, 0.29) is 23.7 Å². The van der Waals surface area contributed by atoms with Gasteiger partial charge in [0.1, 0.15) is 5.92 Å². The second kappa shape index (κ2) is 5.38. The van der Waals surface area contributed by atoms with Crippen molar-refractivity contribution in [2.45, 2.75) is 58.0 Å². The van der Waals surface area contributed by atoms with Crippen molar-refractivity contribution in [3.8, 4) is 0 Å². The molecule has 2 saturated heterocycles. The van der Waals surface area contributed by atoms with Gasteiger partial charge in [0.05, 0.1) is 30.5 Å². The third-order valence-electron chi connectivity index (χ3n) is 3.77. The number of carbonyl (C=O) groups excluding carboxylic acids is 1. The van der Waals surface area contributed by atoms with Crippen LogP contribution in [-0.4, -0.2) is 59.5 Å². The summed E-state index contributed by atoms with van der Waals surface area (Å²) in [7, 11) is 0. The lowest BCUT2D eigenvalue weighted by Gasteiger charge is -2.31. The summed E-state index contributed by atoms with van der Waals surface area (Å²) in [5.74, 6) is -0.776. The summed E-state index contributed by atoms with van der Waals surface area (Å²) in [5, 5.41) is 10.1. The molecule has 19 heavy (non-hydrogen) atoms. The average Bonchev–Trinajstić information content (AvgIpc) is 2.76. The Labute approximate surface area is 114 Å². The molecule has 5 heteroatoms. The van der Waals surface area contributed by atoms with Gasteiger partial charge in [0, 0.05) is 13.1 Å². The molecule has 0 bridgehead atoms. The second-order valence-corrected chi connectivity index (χ2v) is 6.39. The summed E-state index contributed by atoms with van der Waals surface area (Å²) < 4.78 is 11.2. The summed E-state index contributed by atoms with van der Waals surface area (Å²) in [4.78, 5) is 14.2. The molecule has 0 aromatic rings. The fraction of sp³-hybridized carbons (Fsp3) is 0.929. The highest BCUT2D eigenvalue weighted by atomic mass is 16.5. The van der Waals surface area contributed by atoms with E-state index in [1.807, 2.05) is 20.8 Å². The fourth-order valence-electron chi connectivity index (χ4n) is 3.22. The Hall–Kier alpha value is -0.650. The van der Waals surface area contributed by atoms with Crippen LogP contribution < -0.4 is 0 Å². The van der Waals surface area contributed by atoms with Crippen molar-refractivity contribution >= 4 is 5.97 Å². The smallest absolute Gasteiger partial charge is 0.313 e. The van der Waals surface area contributed by atoms with Crippen molar-refractivity contribution in [3.63, 3.8) is 0 Å². The van der Waals surface area contributed by atoms with Gasteiger partial charge in [-0.15, -0.1) is 0 Å². The molecule has 0 spiro atoms. The molecule has 0 aromatic carbocycles. The fourth-order valence-corrected chi connectivity index (χ4v) is 3.22. The highest BCUT2D eigenvalue weighted by Crippen LogP contribution is 2.37. The minimum atomic E-state index is -0.643. The number of esters is 1. The van der Waals surface area contributed by atoms with Crippen LogP contribution in [0.5, 0.6) is 0 Å². The van der Waals surface area contributed by atoms with Crippen molar-refractivity contribution in [1.29, 1.82) is 0 Å². The molecular formula is C14H25NO4. The van der Waals surface area contributed by atoms with Gasteiger partial charge in [0.2, 0.25) is 0 Å². The number of nitrogens with zero attached hydrogens (tertiary/aromatic N) is 1. The highest BCUT2D eigenvalue weighted by Gasteiger charge is 2.53. The molecular weight excluding hydrogens is 246 g/mol. The summed E-state index contributed by atoms with van der Waals surface area (Å²) in [6.07, 6.45) is 0.256. The van der Waals surface area contributed by atoms with Crippen LogP contribution in [-0.2, 0) is 14.3 Å². The molecule has 110 valence electrons. The molecule has 5 nitrogen and oxygen atoms in total. The van der Waals surface area contributed by atoms with E-state index in [1.54, 1.807) is 6.92 Å². The first kappa shape index (κ1) is 14.8. The summed E-state index contributed by atoms with van der Waals surface area (Å²) in [6.45, 7) is 9.59. The molecule has 1 N–H and O–H groups in total. The van der Waals surface area contributed by atoms with Gasteiger partial charge in [-0.1, -0.05) is 0 Å². The monoisotopic (exact) mass is 271 g/mol. The van der Waals surface area contributed by atoms with Crippen LogP contribution >= 0.6 is 0 Å². The Morgan fingerprint density at radius 1 is 1.42 bits per heavy atom. The molecule has 4 atom stereocenters. The van der Waals surface area contributed by atoms with Gasteiger partial charge in [-0.3, -0.25) is 9.69 Å². The van der Waals surface area contributed by atoms with Crippen molar-refractivity contribution < 1.29 is 19.4 Å². The molecule has 0 unspecified atom stereocenters. The normalized spacial score (nSPS) is 35.4. The van der Waals surface area contributed by atoms with E-state index in [1.165, 1.54) is 0 Å². The SMILES string of the molecule is CCOC(=O)[C@@H]1[C@@H]2[C@@H](OC(C)(C)C)CCN2C[C@@H]1O. The molecule has 0 aromatic heterocycles. The predicted molar refractivity (Wildman–Crippen MR) is 70.7 cm³/mol. The molecule has 2 fully saturated rings. The van der Waals surface area contributed by atoms with Crippen molar-refractivity contribution in [2.75, 3.05) is 19.7 Å². The largest absolute Gasteiger partial charge is 0.466 e. The van der Waals surface area contributed by atoms with Crippen molar-refractivity contribution in [3.05, 3.63) is 0 Å². The quantitative estimate of drug-likeness (QED) is 0.769. The van der Waals surface area contributed by atoms with E-state index < -0.39 is 12.0 Å². The van der Waals surface area contributed by atoms with Gasteiger partial charge >= 0.3 is 5.97 Å². The number of rotatable bonds is 3. The van der Waals surface area contributed by atoms with Gasteiger partial charge in [-0.05, 0) is 34.1 Å². The number of carbonyl (C=O) groups is 1. The Kier molecular flexibility index (Phi) is 4.18. The van der Waals surface area contributed by atoms with Crippen LogP contribution in [0.3, 0.4) is 0 Å². The van der Waals surface area contributed by atoms with E-state index in [9.17, 15) is 9.90 Å². The van der Waals surface area contributed by atoms with Crippen LogP contribution in [0.15, 0.2) is 0 Å². The number of ether oxygens (including phenoxy) is 2. The Balaban J connectivity index is 2.12. The van der Waals surface area contributed by atoms with E-state index in [2.05, 4.69) is 4.90 Å². The number of fused-ring (bicyclic) bond motifs is 1. The maximum atomic E-state index is 12.0. The third kappa shape index (κ3) is 3.09. The van der Waals surface area contributed by atoms with E-state index in [0.717, 1.165) is 13.0 Å². The van der Waals surface area contributed by atoms with Crippen molar-refractivity contribution in [2.24, 2.45) is 5.92 Å². The summed E-state index contributed by atoms with van der Waals surface area (Å²) in [6, 6.07) is -0.0479. The zero-order chi connectivity index (χ0) is 14.2. The van der Waals surface area contributed by atoms with Gasteiger partial charge in [-0.25, -0.2) is 0 Å². The molecule has 2 aliphatic heterocycles. The second-order valence-electron chi connectivity index (χ2n) is 6.39. The Morgan fingerprint density at radius 3 is 2.68 bits per heavy atom. The lowest BCUT2D eigenvalue weighted by atomic mass is 9.94. The summed E-state index contributed by atoms with van der Waals surface area (Å²) >= 11 is 0. The molecule has 2 rings (SSSR count). The van der Waals surface area contributed by atoms with Crippen LogP contribution in [0.25, 0.3) is 0 Å². The topological polar surface area (TPSA) is 59.0 Å². The molecule has 2 aliphatic rings. The minimum Gasteiger partial charge on any atom is -0.466 e. The number of hydrogen-bond donors (Lipinski definition) is 1. The van der Waals surface area contributed by atoms with Gasteiger partial charge in [0.15, 0.2) is 0 Å². The van der Waals surface area contributed by atoms with Gasteiger partial charge in [-0.2, -0.15) is 0 Å². The molecule has 0 aliphatic carbocycles. The van der Waals surface area contributed by atoms with Crippen LogP contribution in [0.1, 0.15) is 34.1 Å². The first-order valence-electron chi connectivity index (χ1n) is 7.10. The lowest BCUT2D eigenvalue weighted by Crippen LogP contribution is -2.43.